The summed E-state index contributed by atoms with van der Waals surface area (Å²) in [5.41, 5.74) is 1.15. The number of carbonyl (C=O) groups is 1. The van der Waals surface area contributed by atoms with Crippen LogP contribution in [0.15, 0.2) is 36.4 Å². The number of nitrogens with one attached hydrogen (secondary N) is 2. The van der Waals surface area contributed by atoms with Gasteiger partial charge in [-0.05, 0) is 80.1 Å². The van der Waals surface area contributed by atoms with Crippen molar-refractivity contribution in [2.75, 3.05) is 0 Å². The molecule has 0 radical (unpaired) electrons. The van der Waals surface area contributed by atoms with Gasteiger partial charge in [0.05, 0.1) is 0 Å². The first-order valence-electron chi connectivity index (χ1n) is 8.96. The number of hydrogen-bond acceptors (Lipinski definition) is 2. The van der Waals surface area contributed by atoms with Crippen LogP contribution in [0.1, 0.15) is 44.1 Å². The highest BCUT2D eigenvalue weighted by molar-refractivity contribution is 7.80. The van der Waals surface area contributed by atoms with E-state index < -0.39 is 0 Å². The second kappa shape index (κ2) is 6.32. The van der Waals surface area contributed by atoms with E-state index in [-0.39, 0.29) is 11.4 Å². The van der Waals surface area contributed by atoms with Crippen LogP contribution >= 0.6 is 12.2 Å². The highest BCUT2D eigenvalue weighted by Crippen LogP contribution is 2.55. The topological polar surface area (TPSA) is 41.1 Å². The van der Waals surface area contributed by atoms with Gasteiger partial charge in [-0.15, -0.1) is 0 Å². The molecule has 4 aliphatic carbocycles. The number of benzene rings is 1. The molecular weight excluding hydrogens is 316 g/mol. The first kappa shape index (κ1) is 15.8. The van der Waals surface area contributed by atoms with Gasteiger partial charge in [-0.1, -0.05) is 30.3 Å². The molecule has 0 heterocycles. The van der Waals surface area contributed by atoms with Crippen molar-refractivity contribution in [3.8, 4) is 0 Å². The smallest absolute Gasteiger partial charge is 0.250 e. The summed E-state index contributed by atoms with van der Waals surface area (Å²) >= 11 is 5.42. The van der Waals surface area contributed by atoms with E-state index in [1.165, 1.54) is 38.5 Å². The van der Waals surface area contributed by atoms with Gasteiger partial charge in [0.15, 0.2) is 5.11 Å². The minimum Gasteiger partial charge on any atom is -0.357 e. The summed E-state index contributed by atoms with van der Waals surface area (Å²) in [5.74, 6) is 2.42. The lowest BCUT2D eigenvalue weighted by molar-refractivity contribution is -0.115. The van der Waals surface area contributed by atoms with Crippen molar-refractivity contribution in [2.24, 2.45) is 17.8 Å². The van der Waals surface area contributed by atoms with Gasteiger partial charge in [-0.3, -0.25) is 10.1 Å². The van der Waals surface area contributed by atoms with Crippen LogP contribution in [-0.4, -0.2) is 16.6 Å². The second-order valence-corrected chi connectivity index (χ2v) is 8.29. The summed E-state index contributed by atoms with van der Waals surface area (Å²) in [4.78, 5) is 12.1. The fourth-order valence-electron chi connectivity index (χ4n) is 5.43. The Bertz CT molecular complexity index is 632. The van der Waals surface area contributed by atoms with Crippen molar-refractivity contribution in [3.63, 3.8) is 0 Å². The highest BCUT2D eigenvalue weighted by atomic mass is 32.1. The molecule has 0 aliphatic heterocycles. The third-order valence-corrected chi connectivity index (χ3v) is 6.08. The van der Waals surface area contributed by atoms with Gasteiger partial charge in [0.25, 0.3) is 0 Å². The molecule has 3 nitrogen and oxygen atoms in total. The monoisotopic (exact) mass is 340 g/mol. The van der Waals surface area contributed by atoms with Crippen molar-refractivity contribution in [1.82, 2.24) is 10.6 Å². The molecule has 1 aromatic carbocycles. The van der Waals surface area contributed by atoms with E-state index in [0.29, 0.717) is 5.11 Å². The molecule has 0 unspecified atom stereocenters. The van der Waals surface area contributed by atoms with E-state index in [2.05, 4.69) is 10.6 Å². The molecule has 0 spiro atoms. The Morgan fingerprint density at radius 1 is 1.04 bits per heavy atom. The maximum Gasteiger partial charge on any atom is 0.250 e. The minimum atomic E-state index is -0.166. The predicted molar refractivity (Wildman–Crippen MR) is 100 cm³/mol. The number of amides is 1. The van der Waals surface area contributed by atoms with Crippen molar-refractivity contribution in [3.05, 3.63) is 42.0 Å². The largest absolute Gasteiger partial charge is 0.357 e. The standard InChI is InChI=1S/C20H24N2OS/c23-18(7-6-14-4-2-1-3-5-14)21-19(24)22-20-11-15-8-16(12-20)10-17(9-15)13-20/h1-7,15-17H,8-13H2,(H2,21,22,23,24)/b7-6+. The Hall–Kier alpha value is -1.68. The summed E-state index contributed by atoms with van der Waals surface area (Å²) in [6, 6.07) is 9.81. The van der Waals surface area contributed by atoms with Crippen LogP contribution in [0.25, 0.3) is 6.08 Å². The van der Waals surface area contributed by atoms with Gasteiger partial charge in [0.2, 0.25) is 5.91 Å². The summed E-state index contributed by atoms with van der Waals surface area (Å²) < 4.78 is 0. The molecule has 4 saturated carbocycles. The second-order valence-electron chi connectivity index (χ2n) is 7.89. The Labute approximate surface area is 148 Å². The zero-order valence-electron chi connectivity index (χ0n) is 13.8. The Kier molecular flexibility index (Phi) is 4.17. The molecule has 4 fully saturated rings. The third-order valence-electron chi connectivity index (χ3n) is 5.88. The fraction of sp³-hybridized carbons (Fsp3) is 0.500. The molecule has 4 aliphatic rings. The van der Waals surface area contributed by atoms with Crippen LogP contribution in [0.3, 0.4) is 0 Å². The summed E-state index contributed by atoms with van der Waals surface area (Å²) in [7, 11) is 0. The molecule has 5 rings (SSSR count). The van der Waals surface area contributed by atoms with Crippen molar-refractivity contribution in [2.45, 2.75) is 44.1 Å². The highest BCUT2D eigenvalue weighted by Gasteiger charge is 2.51. The zero-order valence-corrected chi connectivity index (χ0v) is 14.6. The van der Waals surface area contributed by atoms with Crippen molar-refractivity contribution < 1.29 is 4.79 Å². The molecule has 24 heavy (non-hydrogen) atoms. The van der Waals surface area contributed by atoms with Crippen LogP contribution in [0.2, 0.25) is 0 Å². The van der Waals surface area contributed by atoms with E-state index >= 15 is 0 Å². The third kappa shape index (κ3) is 3.39. The molecule has 2 N–H and O–H groups in total. The van der Waals surface area contributed by atoms with Crippen LogP contribution in [-0.2, 0) is 4.79 Å². The molecule has 0 atom stereocenters. The van der Waals surface area contributed by atoms with Gasteiger partial charge in [0.1, 0.15) is 0 Å². The number of carbonyl (C=O) groups excluding carboxylic acids is 1. The van der Waals surface area contributed by atoms with Crippen molar-refractivity contribution >= 4 is 29.3 Å². The van der Waals surface area contributed by atoms with Gasteiger partial charge >= 0.3 is 0 Å². The van der Waals surface area contributed by atoms with Crippen LogP contribution < -0.4 is 10.6 Å². The number of thiocarbonyl (C=S) groups is 1. The van der Waals surface area contributed by atoms with E-state index in [0.717, 1.165) is 23.3 Å². The Morgan fingerprint density at radius 3 is 2.21 bits per heavy atom. The molecule has 0 aromatic heterocycles. The lowest BCUT2D eigenvalue weighted by Crippen LogP contribution is -2.61. The van der Waals surface area contributed by atoms with Crippen LogP contribution in [0.5, 0.6) is 0 Å². The molecule has 4 heteroatoms. The van der Waals surface area contributed by atoms with E-state index in [1.54, 1.807) is 6.08 Å². The maximum atomic E-state index is 12.1. The number of rotatable bonds is 3. The average Bonchev–Trinajstić information content (AvgIpc) is 2.52. The summed E-state index contributed by atoms with van der Waals surface area (Å²) in [6.45, 7) is 0. The first-order chi connectivity index (χ1) is 11.6. The lowest BCUT2D eigenvalue weighted by Gasteiger charge is -2.57. The molecule has 1 aromatic rings. The van der Waals surface area contributed by atoms with Gasteiger partial charge in [-0.25, -0.2) is 0 Å². The maximum absolute atomic E-state index is 12.1. The molecule has 126 valence electrons. The first-order valence-corrected chi connectivity index (χ1v) is 9.37. The quantitative estimate of drug-likeness (QED) is 0.652. The zero-order chi connectivity index (χ0) is 16.6. The molecule has 0 saturated heterocycles. The number of hydrogen-bond donors (Lipinski definition) is 2. The lowest BCUT2D eigenvalue weighted by atomic mass is 9.53. The van der Waals surface area contributed by atoms with Gasteiger partial charge in [0, 0.05) is 11.6 Å². The fourth-order valence-corrected chi connectivity index (χ4v) is 5.74. The summed E-state index contributed by atoms with van der Waals surface area (Å²) in [6.07, 6.45) is 11.2. The predicted octanol–water partition coefficient (Wildman–Crippen LogP) is 3.66. The van der Waals surface area contributed by atoms with E-state index in [9.17, 15) is 4.79 Å². The summed E-state index contributed by atoms with van der Waals surface area (Å²) in [5, 5.41) is 6.82. The molecule has 4 bridgehead atoms. The normalized spacial score (nSPS) is 33.6. The van der Waals surface area contributed by atoms with E-state index in [1.807, 2.05) is 36.4 Å². The Morgan fingerprint density at radius 2 is 1.62 bits per heavy atom. The Balaban J connectivity index is 1.34. The van der Waals surface area contributed by atoms with Crippen LogP contribution in [0.4, 0.5) is 0 Å². The average molecular weight is 340 g/mol. The molecular formula is C20H24N2OS. The van der Waals surface area contributed by atoms with Gasteiger partial charge in [-0.2, -0.15) is 0 Å². The van der Waals surface area contributed by atoms with Gasteiger partial charge < -0.3 is 5.32 Å². The minimum absolute atomic E-state index is 0.141. The van der Waals surface area contributed by atoms with E-state index in [4.69, 9.17) is 12.2 Å². The van der Waals surface area contributed by atoms with Crippen molar-refractivity contribution in [1.29, 1.82) is 0 Å². The van der Waals surface area contributed by atoms with Crippen LogP contribution in [0, 0.1) is 17.8 Å². The molecule has 1 amide bonds. The SMILES string of the molecule is O=C(/C=C/c1ccccc1)NC(=S)NC12CC3CC(CC(C3)C1)C2.